The van der Waals surface area contributed by atoms with Crippen LogP contribution in [0.1, 0.15) is 71.5 Å². The SMILES string of the molecule is C/C1=C/CC(/C(C)=C/c2csc(C)n2)OC(=O)C[C@H](O)C(C)(C)C(=O)[C@H](C)[C@H](O)[C@@H](C)OCC1. The second kappa shape index (κ2) is 12.2. The molecule has 34 heavy (non-hydrogen) atoms. The van der Waals surface area contributed by atoms with Crippen molar-refractivity contribution in [1.82, 2.24) is 4.98 Å². The first-order valence-corrected chi connectivity index (χ1v) is 12.7. The molecule has 1 unspecified atom stereocenters. The number of ether oxygens (including phenoxy) is 2. The summed E-state index contributed by atoms with van der Waals surface area (Å²) >= 11 is 1.55. The average Bonchev–Trinajstić information content (AvgIpc) is 3.18. The van der Waals surface area contributed by atoms with E-state index >= 15 is 0 Å². The smallest absolute Gasteiger partial charge is 0.309 e. The quantitative estimate of drug-likeness (QED) is 0.468. The third-order valence-electron chi connectivity index (χ3n) is 6.59. The Balaban J connectivity index is 2.33. The van der Waals surface area contributed by atoms with Gasteiger partial charge in [0.25, 0.3) is 0 Å². The largest absolute Gasteiger partial charge is 0.457 e. The number of aryl methyl sites for hydroxylation is 1. The van der Waals surface area contributed by atoms with Crippen LogP contribution in [0.3, 0.4) is 0 Å². The van der Waals surface area contributed by atoms with Gasteiger partial charge in [0.1, 0.15) is 11.9 Å². The van der Waals surface area contributed by atoms with Crippen LogP contribution in [-0.2, 0) is 19.1 Å². The molecule has 8 heteroatoms. The van der Waals surface area contributed by atoms with E-state index in [1.807, 2.05) is 38.3 Å². The third kappa shape index (κ3) is 7.57. The van der Waals surface area contributed by atoms with Crippen LogP contribution >= 0.6 is 11.3 Å². The second-order valence-electron chi connectivity index (χ2n) is 9.86. The molecule has 2 heterocycles. The molecule has 0 amide bonds. The molecule has 0 aliphatic carbocycles. The van der Waals surface area contributed by atoms with Gasteiger partial charge in [0.05, 0.1) is 47.5 Å². The molecule has 5 atom stereocenters. The first-order chi connectivity index (χ1) is 15.8. The summed E-state index contributed by atoms with van der Waals surface area (Å²) in [6.45, 7) is 12.7. The molecule has 2 N–H and O–H groups in total. The standard InChI is InChI=1S/C26H39NO6S/c1-15-8-9-21(16(2)12-20-14-34-19(5)27-20)33-23(29)13-22(28)26(6,7)25(31)17(3)24(30)18(4)32-11-10-15/h8,12,14,17-18,21-22,24,28,30H,9-11,13H2,1-7H3/b15-8-,16-12+/t17-,18-,21?,22+,24+/m1/s1. The zero-order chi connectivity index (χ0) is 25.6. The van der Waals surface area contributed by atoms with Crippen LogP contribution in [0.25, 0.3) is 6.08 Å². The number of aromatic nitrogens is 1. The summed E-state index contributed by atoms with van der Waals surface area (Å²) < 4.78 is 11.6. The van der Waals surface area contributed by atoms with Crippen molar-refractivity contribution in [2.45, 2.75) is 92.1 Å². The lowest BCUT2D eigenvalue weighted by Crippen LogP contribution is -2.47. The fourth-order valence-corrected chi connectivity index (χ4v) is 4.52. The molecule has 2 rings (SSSR count). The van der Waals surface area contributed by atoms with Crippen LogP contribution in [0.5, 0.6) is 0 Å². The van der Waals surface area contributed by atoms with Gasteiger partial charge in [-0.15, -0.1) is 11.3 Å². The van der Waals surface area contributed by atoms with Gasteiger partial charge in [0, 0.05) is 17.7 Å². The normalized spacial score (nSPS) is 32.1. The van der Waals surface area contributed by atoms with E-state index in [1.165, 1.54) is 0 Å². The monoisotopic (exact) mass is 493 g/mol. The fourth-order valence-electron chi connectivity index (χ4n) is 3.95. The molecule has 0 saturated carbocycles. The van der Waals surface area contributed by atoms with E-state index in [9.17, 15) is 19.8 Å². The number of esters is 1. The zero-order valence-corrected chi connectivity index (χ0v) is 22.1. The fraction of sp³-hybridized carbons (Fsp3) is 0.654. The van der Waals surface area contributed by atoms with Crippen LogP contribution in [0.4, 0.5) is 0 Å². The Morgan fingerprint density at radius 3 is 2.53 bits per heavy atom. The predicted octanol–water partition coefficient (Wildman–Crippen LogP) is 4.26. The Labute approximate surface area is 206 Å². The van der Waals surface area contributed by atoms with E-state index in [4.69, 9.17) is 9.47 Å². The zero-order valence-electron chi connectivity index (χ0n) is 21.3. The van der Waals surface area contributed by atoms with Crippen molar-refractivity contribution in [3.63, 3.8) is 0 Å². The van der Waals surface area contributed by atoms with Crippen molar-refractivity contribution in [3.05, 3.63) is 33.3 Å². The maximum Gasteiger partial charge on any atom is 0.309 e. The minimum Gasteiger partial charge on any atom is -0.457 e. The van der Waals surface area contributed by atoms with Gasteiger partial charge < -0.3 is 19.7 Å². The van der Waals surface area contributed by atoms with E-state index in [0.29, 0.717) is 19.4 Å². The number of cyclic esters (lactones) is 1. The lowest BCUT2D eigenvalue weighted by molar-refractivity contribution is -0.154. The Kier molecular flexibility index (Phi) is 10.2. The lowest BCUT2D eigenvalue weighted by Gasteiger charge is -2.34. The van der Waals surface area contributed by atoms with Gasteiger partial charge in [-0.2, -0.15) is 0 Å². The number of rotatable bonds is 2. The number of nitrogens with zero attached hydrogens (tertiary/aromatic N) is 1. The van der Waals surface area contributed by atoms with Crippen molar-refractivity contribution in [2.75, 3.05) is 6.61 Å². The number of hydrogen-bond donors (Lipinski definition) is 2. The molecule has 190 valence electrons. The molecule has 1 aromatic heterocycles. The Hall–Kier alpha value is -1.87. The Morgan fingerprint density at radius 1 is 1.24 bits per heavy atom. The first kappa shape index (κ1) is 28.4. The van der Waals surface area contributed by atoms with Gasteiger partial charge in [0.2, 0.25) is 0 Å². The summed E-state index contributed by atoms with van der Waals surface area (Å²) in [5.41, 5.74) is 1.48. The maximum atomic E-state index is 13.1. The summed E-state index contributed by atoms with van der Waals surface area (Å²) in [5, 5.41) is 24.3. The number of carbonyl (C=O) groups excluding carboxylic acids is 2. The topological polar surface area (TPSA) is 106 Å². The van der Waals surface area contributed by atoms with Crippen LogP contribution in [0.15, 0.2) is 22.6 Å². The summed E-state index contributed by atoms with van der Waals surface area (Å²) in [4.78, 5) is 30.4. The van der Waals surface area contributed by atoms with Crippen LogP contribution in [0.2, 0.25) is 0 Å². The summed E-state index contributed by atoms with van der Waals surface area (Å²) in [6, 6.07) is 0. The lowest BCUT2D eigenvalue weighted by atomic mass is 9.74. The van der Waals surface area contributed by atoms with Crippen molar-refractivity contribution >= 4 is 29.2 Å². The number of aliphatic hydroxyl groups is 2. The minimum atomic E-state index is -1.25. The molecule has 1 aromatic rings. The molecule has 1 aliphatic rings. The van der Waals surface area contributed by atoms with Crippen molar-refractivity contribution in [1.29, 1.82) is 0 Å². The molecule has 0 bridgehead atoms. The van der Waals surface area contributed by atoms with Crippen LogP contribution in [-0.4, -0.2) is 58.0 Å². The van der Waals surface area contributed by atoms with Gasteiger partial charge in [-0.25, -0.2) is 4.98 Å². The van der Waals surface area contributed by atoms with Crippen LogP contribution < -0.4 is 0 Å². The van der Waals surface area contributed by atoms with E-state index in [0.717, 1.165) is 21.8 Å². The molecule has 0 saturated heterocycles. The molecule has 0 spiro atoms. The molecule has 0 radical (unpaired) electrons. The molecule has 0 fully saturated rings. The number of thiazole rings is 1. The molecular weight excluding hydrogens is 454 g/mol. The Bertz CT molecular complexity index is 918. The number of Topliss-reactive ketones (excluding diaryl/α,β-unsaturated/α-hetero) is 1. The highest BCUT2D eigenvalue weighted by atomic mass is 32.1. The predicted molar refractivity (Wildman–Crippen MR) is 133 cm³/mol. The third-order valence-corrected chi connectivity index (χ3v) is 7.38. The molecular formula is C26H39NO6S. The number of ketones is 1. The Morgan fingerprint density at radius 2 is 1.91 bits per heavy atom. The van der Waals surface area contributed by atoms with Crippen LogP contribution in [0, 0.1) is 18.3 Å². The summed E-state index contributed by atoms with van der Waals surface area (Å²) in [6.07, 6.45) is 1.38. The minimum absolute atomic E-state index is 0.324. The van der Waals surface area contributed by atoms with E-state index in [2.05, 4.69) is 4.98 Å². The van der Waals surface area contributed by atoms with E-state index < -0.39 is 41.7 Å². The highest BCUT2D eigenvalue weighted by molar-refractivity contribution is 7.09. The van der Waals surface area contributed by atoms with E-state index in [1.54, 1.807) is 39.0 Å². The highest BCUT2D eigenvalue weighted by Gasteiger charge is 2.42. The van der Waals surface area contributed by atoms with E-state index in [-0.39, 0.29) is 12.2 Å². The number of hydrogen-bond acceptors (Lipinski definition) is 8. The van der Waals surface area contributed by atoms with Gasteiger partial charge in [-0.1, -0.05) is 32.4 Å². The maximum absolute atomic E-state index is 13.1. The number of aliphatic hydroxyl groups excluding tert-OH is 2. The van der Waals surface area contributed by atoms with Gasteiger partial charge in [0.15, 0.2) is 0 Å². The highest BCUT2D eigenvalue weighted by Crippen LogP contribution is 2.31. The van der Waals surface area contributed by atoms with Crippen molar-refractivity contribution in [3.8, 4) is 0 Å². The van der Waals surface area contributed by atoms with Gasteiger partial charge in [-0.3, -0.25) is 9.59 Å². The van der Waals surface area contributed by atoms with Crippen molar-refractivity contribution in [2.24, 2.45) is 11.3 Å². The second-order valence-corrected chi connectivity index (χ2v) is 10.9. The van der Waals surface area contributed by atoms with Gasteiger partial charge in [-0.05, 0) is 45.8 Å². The first-order valence-electron chi connectivity index (χ1n) is 11.8. The molecule has 0 aromatic carbocycles. The van der Waals surface area contributed by atoms with Gasteiger partial charge >= 0.3 is 5.97 Å². The summed E-state index contributed by atoms with van der Waals surface area (Å²) in [7, 11) is 0. The summed E-state index contributed by atoms with van der Waals surface area (Å²) in [5.74, 6) is -1.67. The number of carbonyl (C=O) groups is 2. The molecule has 1 aliphatic heterocycles. The average molecular weight is 494 g/mol. The van der Waals surface area contributed by atoms with Crippen molar-refractivity contribution < 1.29 is 29.3 Å². The molecule has 7 nitrogen and oxygen atoms in total.